The minimum Gasteiger partial charge on any atom is -0.409 e. The Hall–Kier alpha value is -2.56. The van der Waals surface area contributed by atoms with Crippen molar-refractivity contribution in [2.75, 3.05) is 11.4 Å². The number of pyridine rings is 1. The summed E-state index contributed by atoms with van der Waals surface area (Å²) in [5.74, 6) is 0.767. The number of nitrogens with zero attached hydrogens (tertiary/aromatic N) is 3. The van der Waals surface area contributed by atoms with E-state index in [-0.39, 0.29) is 5.84 Å². The van der Waals surface area contributed by atoms with Crippen LogP contribution in [0, 0.1) is 0 Å². The SMILES string of the molecule is CCN(c1ccccc1)c1cccc(C(N)=NO)n1. The van der Waals surface area contributed by atoms with E-state index in [9.17, 15) is 0 Å². The molecule has 0 bridgehead atoms. The van der Waals surface area contributed by atoms with Crippen LogP contribution in [0.15, 0.2) is 53.7 Å². The van der Waals surface area contributed by atoms with Gasteiger partial charge in [0.15, 0.2) is 5.84 Å². The van der Waals surface area contributed by atoms with Gasteiger partial charge in [0, 0.05) is 12.2 Å². The second kappa shape index (κ2) is 5.86. The van der Waals surface area contributed by atoms with Crippen LogP contribution < -0.4 is 10.6 Å². The van der Waals surface area contributed by atoms with Crippen molar-refractivity contribution in [3.05, 3.63) is 54.2 Å². The lowest BCUT2D eigenvalue weighted by Crippen LogP contribution is -2.20. The van der Waals surface area contributed by atoms with Crippen molar-refractivity contribution in [2.45, 2.75) is 6.92 Å². The summed E-state index contributed by atoms with van der Waals surface area (Å²) in [5, 5.41) is 11.7. The Kier molecular flexibility index (Phi) is 3.97. The Morgan fingerprint density at radius 2 is 1.95 bits per heavy atom. The van der Waals surface area contributed by atoms with Crippen LogP contribution in [-0.4, -0.2) is 22.6 Å². The topological polar surface area (TPSA) is 74.7 Å². The molecule has 0 saturated carbocycles. The number of hydrogen-bond donors (Lipinski definition) is 2. The molecule has 5 heteroatoms. The number of rotatable bonds is 4. The number of nitrogens with two attached hydrogens (primary N) is 1. The minimum absolute atomic E-state index is 0.00552. The van der Waals surface area contributed by atoms with E-state index in [2.05, 4.69) is 10.1 Å². The Morgan fingerprint density at radius 3 is 2.58 bits per heavy atom. The van der Waals surface area contributed by atoms with Crippen LogP contribution in [0.1, 0.15) is 12.6 Å². The lowest BCUT2D eigenvalue weighted by atomic mass is 10.2. The van der Waals surface area contributed by atoms with Gasteiger partial charge in [0.1, 0.15) is 11.5 Å². The zero-order valence-electron chi connectivity index (χ0n) is 10.7. The molecule has 3 N–H and O–H groups in total. The molecule has 0 aliphatic carbocycles. The third kappa shape index (κ3) is 2.82. The average Bonchev–Trinajstić information content (AvgIpc) is 2.48. The Balaban J connectivity index is 2.39. The highest BCUT2D eigenvalue weighted by atomic mass is 16.4. The van der Waals surface area contributed by atoms with Gasteiger partial charge in [-0.2, -0.15) is 0 Å². The third-order valence-corrected chi connectivity index (χ3v) is 2.77. The predicted octanol–water partition coefficient (Wildman–Crippen LogP) is 2.33. The first-order valence-corrected chi connectivity index (χ1v) is 6.03. The van der Waals surface area contributed by atoms with Gasteiger partial charge in [0.05, 0.1) is 0 Å². The van der Waals surface area contributed by atoms with Gasteiger partial charge in [0.2, 0.25) is 0 Å². The van der Waals surface area contributed by atoms with Gasteiger partial charge in [0.25, 0.3) is 0 Å². The number of para-hydroxylation sites is 1. The molecular formula is C14H16N4O. The van der Waals surface area contributed by atoms with Crippen LogP contribution in [0.3, 0.4) is 0 Å². The Labute approximate surface area is 112 Å². The molecule has 0 aliphatic rings. The van der Waals surface area contributed by atoms with E-state index in [1.165, 1.54) is 0 Å². The number of oxime groups is 1. The van der Waals surface area contributed by atoms with Gasteiger partial charge in [-0.25, -0.2) is 4.98 Å². The van der Waals surface area contributed by atoms with Gasteiger partial charge in [-0.15, -0.1) is 0 Å². The molecule has 19 heavy (non-hydrogen) atoms. The quantitative estimate of drug-likeness (QED) is 0.381. The summed E-state index contributed by atoms with van der Waals surface area (Å²) in [6, 6.07) is 15.4. The van der Waals surface area contributed by atoms with E-state index in [1.807, 2.05) is 54.3 Å². The van der Waals surface area contributed by atoms with Gasteiger partial charge in [-0.3, -0.25) is 0 Å². The first-order valence-electron chi connectivity index (χ1n) is 6.03. The van der Waals surface area contributed by atoms with Crippen LogP contribution in [0.2, 0.25) is 0 Å². The van der Waals surface area contributed by atoms with Crippen molar-refractivity contribution < 1.29 is 5.21 Å². The van der Waals surface area contributed by atoms with Crippen LogP contribution in [0.5, 0.6) is 0 Å². The molecule has 0 aliphatic heterocycles. The molecule has 2 rings (SSSR count). The van der Waals surface area contributed by atoms with E-state index < -0.39 is 0 Å². The molecule has 0 atom stereocenters. The largest absolute Gasteiger partial charge is 0.409 e. The highest BCUT2D eigenvalue weighted by Crippen LogP contribution is 2.22. The van der Waals surface area contributed by atoms with Crippen molar-refractivity contribution in [1.29, 1.82) is 0 Å². The summed E-state index contributed by atoms with van der Waals surface area (Å²) in [7, 11) is 0. The second-order valence-electron chi connectivity index (χ2n) is 3.95. The molecule has 0 saturated heterocycles. The lowest BCUT2D eigenvalue weighted by molar-refractivity contribution is 0.318. The van der Waals surface area contributed by atoms with Crippen LogP contribution >= 0.6 is 0 Å². The van der Waals surface area contributed by atoms with Gasteiger partial charge in [-0.05, 0) is 31.2 Å². The molecule has 0 unspecified atom stereocenters. The van der Waals surface area contributed by atoms with Gasteiger partial charge >= 0.3 is 0 Å². The molecule has 1 aromatic carbocycles. The maximum absolute atomic E-state index is 8.70. The number of hydrogen-bond acceptors (Lipinski definition) is 4. The fraction of sp³-hybridized carbons (Fsp3) is 0.143. The zero-order valence-corrected chi connectivity index (χ0v) is 10.7. The summed E-state index contributed by atoms with van der Waals surface area (Å²) >= 11 is 0. The average molecular weight is 256 g/mol. The molecular weight excluding hydrogens is 240 g/mol. The molecule has 2 aromatic rings. The Morgan fingerprint density at radius 1 is 1.21 bits per heavy atom. The van der Waals surface area contributed by atoms with Gasteiger partial charge in [-0.1, -0.05) is 29.4 Å². The maximum Gasteiger partial charge on any atom is 0.188 e. The summed E-state index contributed by atoms with van der Waals surface area (Å²) < 4.78 is 0. The first-order chi connectivity index (χ1) is 9.26. The van der Waals surface area contributed by atoms with Crippen LogP contribution in [0.4, 0.5) is 11.5 Å². The molecule has 0 amide bonds. The lowest BCUT2D eigenvalue weighted by Gasteiger charge is -2.22. The number of benzene rings is 1. The number of amidine groups is 1. The molecule has 1 heterocycles. The van der Waals surface area contributed by atoms with Crippen LogP contribution in [-0.2, 0) is 0 Å². The van der Waals surface area contributed by atoms with E-state index in [0.29, 0.717) is 5.69 Å². The van der Waals surface area contributed by atoms with Crippen molar-refractivity contribution in [3.63, 3.8) is 0 Å². The molecule has 0 spiro atoms. The van der Waals surface area contributed by atoms with Crippen molar-refractivity contribution in [3.8, 4) is 0 Å². The first kappa shape index (κ1) is 12.9. The fourth-order valence-corrected chi connectivity index (χ4v) is 1.85. The molecule has 1 aromatic heterocycles. The predicted molar refractivity (Wildman–Crippen MR) is 75.9 cm³/mol. The monoisotopic (exact) mass is 256 g/mol. The van der Waals surface area contributed by atoms with E-state index in [4.69, 9.17) is 10.9 Å². The van der Waals surface area contributed by atoms with E-state index >= 15 is 0 Å². The smallest absolute Gasteiger partial charge is 0.188 e. The highest BCUT2D eigenvalue weighted by molar-refractivity contribution is 5.95. The number of anilines is 2. The summed E-state index contributed by atoms with van der Waals surface area (Å²) in [6.07, 6.45) is 0. The van der Waals surface area contributed by atoms with Gasteiger partial charge < -0.3 is 15.8 Å². The van der Waals surface area contributed by atoms with E-state index in [1.54, 1.807) is 6.07 Å². The van der Waals surface area contributed by atoms with Crippen molar-refractivity contribution in [2.24, 2.45) is 10.9 Å². The highest BCUT2D eigenvalue weighted by Gasteiger charge is 2.10. The van der Waals surface area contributed by atoms with Crippen molar-refractivity contribution in [1.82, 2.24) is 4.98 Å². The summed E-state index contributed by atoms with van der Waals surface area (Å²) in [4.78, 5) is 6.45. The molecule has 98 valence electrons. The van der Waals surface area contributed by atoms with Crippen molar-refractivity contribution >= 4 is 17.3 Å². The number of aromatic nitrogens is 1. The fourth-order valence-electron chi connectivity index (χ4n) is 1.85. The van der Waals surface area contributed by atoms with E-state index in [0.717, 1.165) is 18.1 Å². The molecule has 0 radical (unpaired) electrons. The standard InChI is InChI=1S/C14H16N4O/c1-2-18(11-7-4-3-5-8-11)13-10-6-9-12(16-13)14(15)17-19/h3-10,19H,2H2,1H3,(H2,15,17). The maximum atomic E-state index is 8.70. The Bertz CT molecular complexity index is 569. The normalized spacial score (nSPS) is 11.3. The van der Waals surface area contributed by atoms with Crippen LogP contribution in [0.25, 0.3) is 0 Å². The summed E-state index contributed by atoms with van der Waals surface area (Å²) in [6.45, 7) is 2.82. The minimum atomic E-state index is 0.00552. The summed E-state index contributed by atoms with van der Waals surface area (Å²) in [5.41, 5.74) is 7.07. The molecule has 0 fully saturated rings. The zero-order chi connectivity index (χ0) is 13.7. The third-order valence-electron chi connectivity index (χ3n) is 2.77. The molecule has 5 nitrogen and oxygen atoms in total. The second-order valence-corrected chi connectivity index (χ2v) is 3.95.